The van der Waals surface area contributed by atoms with E-state index in [9.17, 15) is 4.79 Å². The smallest absolute Gasteiger partial charge is 0.260 e. The third-order valence-corrected chi connectivity index (χ3v) is 3.82. The molecule has 0 saturated carbocycles. The second-order valence-electron chi connectivity index (χ2n) is 5.24. The van der Waals surface area contributed by atoms with Gasteiger partial charge in [0.05, 0.1) is 5.69 Å². The SMILES string of the molecule is Cc1cc(-c2ccccc2)n(-c2ccccc2)c(=O)c1CN. The first kappa shape index (κ1) is 14.3. The quantitative estimate of drug-likeness (QED) is 0.804. The number of para-hydroxylation sites is 1. The molecular formula is C19H18N2O. The van der Waals surface area contributed by atoms with Gasteiger partial charge in [-0.25, -0.2) is 0 Å². The van der Waals surface area contributed by atoms with Crippen LogP contribution in [0.1, 0.15) is 11.1 Å². The second kappa shape index (κ2) is 6.00. The van der Waals surface area contributed by atoms with Gasteiger partial charge in [-0.3, -0.25) is 9.36 Å². The Bertz CT molecular complexity index is 837. The molecule has 0 radical (unpaired) electrons. The van der Waals surface area contributed by atoms with E-state index in [1.165, 1.54) is 0 Å². The van der Waals surface area contributed by atoms with Gasteiger partial charge in [-0.1, -0.05) is 48.5 Å². The molecule has 1 aromatic heterocycles. The van der Waals surface area contributed by atoms with Crippen LogP contribution in [-0.2, 0) is 6.54 Å². The highest BCUT2D eigenvalue weighted by Crippen LogP contribution is 2.23. The first-order valence-electron chi connectivity index (χ1n) is 7.29. The Kier molecular flexibility index (Phi) is 3.90. The van der Waals surface area contributed by atoms with Crippen LogP contribution in [0.2, 0.25) is 0 Å². The molecule has 0 spiro atoms. The van der Waals surface area contributed by atoms with Crippen LogP contribution < -0.4 is 11.3 Å². The number of benzene rings is 2. The predicted octanol–water partition coefficient (Wildman–Crippen LogP) is 3.27. The van der Waals surface area contributed by atoms with Crippen LogP contribution in [0.15, 0.2) is 71.5 Å². The number of hydrogen-bond acceptors (Lipinski definition) is 2. The Balaban J connectivity index is 2.37. The largest absolute Gasteiger partial charge is 0.326 e. The van der Waals surface area contributed by atoms with E-state index in [4.69, 9.17) is 5.73 Å². The van der Waals surface area contributed by atoms with Crippen molar-refractivity contribution in [3.05, 3.63) is 88.2 Å². The van der Waals surface area contributed by atoms with Crippen LogP contribution in [0.25, 0.3) is 16.9 Å². The Morgan fingerprint density at radius 2 is 1.55 bits per heavy atom. The monoisotopic (exact) mass is 290 g/mol. The number of rotatable bonds is 3. The van der Waals surface area contributed by atoms with E-state index >= 15 is 0 Å². The Labute approximate surface area is 129 Å². The number of aromatic nitrogens is 1. The van der Waals surface area contributed by atoms with E-state index < -0.39 is 0 Å². The molecule has 0 aliphatic carbocycles. The van der Waals surface area contributed by atoms with Crippen molar-refractivity contribution in [1.29, 1.82) is 0 Å². The molecule has 0 atom stereocenters. The van der Waals surface area contributed by atoms with Crippen molar-refractivity contribution in [3.8, 4) is 16.9 Å². The third-order valence-electron chi connectivity index (χ3n) is 3.82. The van der Waals surface area contributed by atoms with Crippen molar-refractivity contribution < 1.29 is 0 Å². The molecule has 0 saturated heterocycles. The zero-order valence-electron chi connectivity index (χ0n) is 12.5. The van der Waals surface area contributed by atoms with Crippen molar-refractivity contribution in [2.24, 2.45) is 5.73 Å². The minimum absolute atomic E-state index is 0.0486. The molecule has 110 valence electrons. The maximum Gasteiger partial charge on any atom is 0.260 e. The zero-order valence-corrected chi connectivity index (χ0v) is 12.5. The highest BCUT2D eigenvalue weighted by atomic mass is 16.1. The molecule has 0 fully saturated rings. The number of hydrogen-bond donors (Lipinski definition) is 1. The Morgan fingerprint density at radius 1 is 0.955 bits per heavy atom. The van der Waals surface area contributed by atoms with Crippen LogP contribution in [0.5, 0.6) is 0 Å². The first-order chi connectivity index (χ1) is 10.7. The fraction of sp³-hybridized carbons (Fsp3) is 0.105. The molecule has 3 heteroatoms. The molecule has 0 aliphatic heterocycles. The molecule has 1 heterocycles. The number of nitrogens with zero attached hydrogens (tertiary/aromatic N) is 1. The summed E-state index contributed by atoms with van der Waals surface area (Å²) in [5.41, 5.74) is 10.0. The minimum atomic E-state index is -0.0486. The van der Waals surface area contributed by atoms with Crippen LogP contribution in [0.4, 0.5) is 0 Å². The topological polar surface area (TPSA) is 48.0 Å². The maximum atomic E-state index is 12.9. The molecule has 2 aromatic carbocycles. The summed E-state index contributed by atoms with van der Waals surface area (Å²) in [6.45, 7) is 2.18. The van der Waals surface area contributed by atoms with Gasteiger partial charge in [0.2, 0.25) is 0 Å². The minimum Gasteiger partial charge on any atom is -0.326 e. The van der Waals surface area contributed by atoms with Crippen molar-refractivity contribution in [3.63, 3.8) is 0 Å². The van der Waals surface area contributed by atoms with Gasteiger partial charge >= 0.3 is 0 Å². The van der Waals surface area contributed by atoms with E-state index in [-0.39, 0.29) is 12.1 Å². The second-order valence-corrected chi connectivity index (χ2v) is 5.24. The molecule has 22 heavy (non-hydrogen) atoms. The summed E-state index contributed by atoms with van der Waals surface area (Å²) in [4.78, 5) is 12.9. The summed E-state index contributed by atoms with van der Waals surface area (Å²) < 4.78 is 1.74. The highest BCUT2D eigenvalue weighted by Gasteiger charge is 2.14. The number of pyridine rings is 1. The predicted molar refractivity (Wildman–Crippen MR) is 90.1 cm³/mol. The molecule has 3 nitrogen and oxygen atoms in total. The van der Waals surface area contributed by atoms with E-state index in [1.54, 1.807) is 4.57 Å². The summed E-state index contributed by atoms with van der Waals surface area (Å²) in [5, 5.41) is 0. The number of nitrogens with two attached hydrogens (primary N) is 1. The van der Waals surface area contributed by atoms with Gasteiger partial charge in [0.15, 0.2) is 0 Å². The summed E-state index contributed by atoms with van der Waals surface area (Å²) >= 11 is 0. The van der Waals surface area contributed by atoms with E-state index in [0.717, 1.165) is 22.5 Å². The normalized spacial score (nSPS) is 10.6. The molecule has 0 bridgehead atoms. The lowest BCUT2D eigenvalue weighted by atomic mass is 10.0. The molecule has 0 aliphatic rings. The Morgan fingerprint density at radius 3 is 2.14 bits per heavy atom. The fourth-order valence-electron chi connectivity index (χ4n) is 2.67. The average molecular weight is 290 g/mol. The lowest BCUT2D eigenvalue weighted by Gasteiger charge is -2.16. The summed E-state index contributed by atoms with van der Waals surface area (Å²) in [7, 11) is 0. The highest BCUT2D eigenvalue weighted by molar-refractivity contribution is 5.63. The van der Waals surface area contributed by atoms with Crippen LogP contribution in [0, 0.1) is 6.92 Å². The summed E-state index contributed by atoms with van der Waals surface area (Å²) in [6, 6.07) is 21.6. The first-order valence-corrected chi connectivity index (χ1v) is 7.29. The lowest BCUT2D eigenvalue weighted by molar-refractivity contribution is 0.918. The molecule has 3 rings (SSSR count). The average Bonchev–Trinajstić information content (AvgIpc) is 2.56. The van der Waals surface area contributed by atoms with Gasteiger partial charge in [-0.2, -0.15) is 0 Å². The third kappa shape index (κ3) is 2.47. The van der Waals surface area contributed by atoms with E-state index in [1.807, 2.05) is 73.7 Å². The number of aryl methyl sites for hydroxylation is 1. The van der Waals surface area contributed by atoms with E-state index in [0.29, 0.717) is 5.56 Å². The molecule has 2 N–H and O–H groups in total. The molecule has 0 amide bonds. The van der Waals surface area contributed by atoms with Crippen molar-refractivity contribution in [2.75, 3.05) is 0 Å². The maximum absolute atomic E-state index is 12.9. The molecular weight excluding hydrogens is 272 g/mol. The van der Waals surface area contributed by atoms with Crippen LogP contribution in [0.3, 0.4) is 0 Å². The molecule has 0 unspecified atom stereocenters. The zero-order chi connectivity index (χ0) is 15.5. The van der Waals surface area contributed by atoms with Crippen molar-refractivity contribution >= 4 is 0 Å². The van der Waals surface area contributed by atoms with Gasteiger partial charge in [-0.15, -0.1) is 0 Å². The van der Waals surface area contributed by atoms with Crippen LogP contribution >= 0.6 is 0 Å². The Hall–Kier alpha value is -2.65. The van der Waals surface area contributed by atoms with Gasteiger partial charge in [0.25, 0.3) is 5.56 Å². The van der Waals surface area contributed by atoms with Crippen LogP contribution in [-0.4, -0.2) is 4.57 Å². The van der Waals surface area contributed by atoms with Crippen molar-refractivity contribution in [1.82, 2.24) is 4.57 Å². The van der Waals surface area contributed by atoms with E-state index in [2.05, 4.69) is 0 Å². The summed E-state index contributed by atoms with van der Waals surface area (Å²) in [5.74, 6) is 0. The van der Waals surface area contributed by atoms with Gasteiger partial charge in [0, 0.05) is 17.8 Å². The van der Waals surface area contributed by atoms with Gasteiger partial charge in [0.1, 0.15) is 0 Å². The summed E-state index contributed by atoms with van der Waals surface area (Å²) in [6.07, 6.45) is 0. The van der Waals surface area contributed by atoms with Gasteiger partial charge < -0.3 is 5.73 Å². The van der Waals surface area contributed by atoms with Gasteiger partial charge in [-0.05, 0) is 36.2 Å². The molecule has 3 aromatic rings. The standard InChI is InChI=1S/C19H18N2O/c1-14-12-18(15-8-4-2-5-9-15)21(19(22)17(14)13-20)16-10-6-3-7-11-16/h2-12H,13,20H2,1H3. The van der Waals surface area contributed by atoms with Crippen molar-refractivity contribution in [2.45, 2.75) is 13.5 Å². The lowest BCUT2D eigenvalue weighted by Crippen LogP contribution is -2.26. The fourth-order valence-corrected chi connectivity index (χ4v) is 2.67.